The summed E-state index contributed by atoms with van der Waals surface area (Å²) in [6.07, 6.45) is 4.13. The molecule has 0 atom stereocenters. The molecule has 2 aromatic heterocycles. The topological polar surface area (TPSA) is 60.2 Å². The zero-order valence-electron chi connectivity index (χ0n) is 12.1. The van der Waals surface area contributed by atoms with Crippen molar-refractivity contribution < 1.29 is 9.15 Å². The Kier molecular flexibility index (Phi) is 3.73. The molecule has 3 rings (SSSR count). The van der Waals surface area contributed by atoms with Gasteiger partial charge in [-0.1, -0.05) is 12.1 Å². The van der Waals surface area contributed by atoms with Gasteiger partial charge in [-0.25, -0.2) is 9.97 Å². The number of nitrogens with zero attached hydrogens (tertiary/aromatic N) is 2. The van der Waals surface area contributed by atoms with Crippen molar-refractivity contribution >= 4 is 16.9 Å². The summed E-state index contributed by atoms with van der Waals surface area (Å²) in [6, 6.07) is 8.08. The average molecular weight is 283 g/mol. The Labute approximate surface area is 123 Å². The molecule has 0 fully saturated rings. The molecular weight excluding hydrogens is 266 g/mol. The molecule has 0 radical (unpaired) electrons. The lowest BCUT2D eigenvalue weighted by atomic mass is 10.1. The Bertz CT molecular complexity index is 735. The van der Waals surface area contributed by atoms with E-state index in [1.165, 1.54) is 11.9 Å². The van der Waals surface area contributed by atoms with Crippen LogP contribution in [0, 0.1) is 6.92 Å². The van der Waals surface area contributed by atoms with Crippen LogP contribution in [0.3, 0.4) is 0 Å². The fourth-order valence-corrected chi connectivity index (χ4v) is 2.27. The highest BCUT2D eigenvalue weighted by Gasteiger charge is 2.09. The summed E-state index contributed by atoms with van der Waals surface area (Å²) in [5.41, 5.74) is 2.91. The van der Waals surface area contributed by atoms with E-state index in [1.807, 2.05) is 19.1 Å². The third kappa shape index (κ3) is 2.81. The van der Waals surface area contributed by atoms with Gasteiger partial charge >= 0.3 is 0 Å². The van der Waals surface area contributed by atoms with E-state index >= 15 is 0 Å². The first-order valence-electron chi connectivity index (χ1n) is 6.83. The predicted molar refractivity (Wildman–Crippen MR) is 81.7 cm³/mol. The van der Waals surface area contributed by atoms with Crippen molar-refractivity contribution in [3.8, 4) is 5.75 Å². The van der Waals surface area contributed by atoms with E-state index in [1.54, 1.807) is 13.4 Å². The number of hydrogen-bond donors (Lipinski definition) is 1. The van der Waals surface area contributed by atoms with E-state index < -0.39 is 0 Å². The van der Waals surface area contributed by atoms with E-state index in [0.29, 0.717) is 5.71 Å². The molecule has 21 heavy (non-hydrogen) atoms. The lowest BCUT2D eigenvalue weighted by molar-refractivity contribution is 0.414. The van der Waals surface area contributed by atoms with Crippen molar-refractivity contribution in [2.45, 2.75) is 13.3 Å². The minimum absolute atomic E-state index is 0.620. The third-order valence-corrected chi connectivity index (χ3v) is 3.42. The number of nitrogens with one attached hydrogen (secondary N) is 1. The lowest BCUT2D eigenvalue weighted by Crippen LogP contribution is -2.07. The molecule has 0 aliphatic rings. The van der Waals surface area contributed by atoms with Gasteiger partial charge in [0.1, 0.15) is 17.9 Å². The molecule has 2 heterocycles. The van der Waals surface area contributed by atoms with Gasteiger partial charge in [-0.05, 0) is 31.0 Å². The van der Waals surface area contributed by atoms with Crippen LogP contribution in [0.15, 0.2) is 41.3 Å². The number of aromatic nitrogens is 2. The van der Waals surface area contributed by atoms with Gasteiger partial charge < -0.3 is 14.5 Å². The van der Waals surface area contributed by atoms with Crippen LogP contribution in [0.4, 0.5) is 5.82 Å². The Morgan fingerprint density at radius 2 is 2.00 bits per heavy atom. The van der Waals surface area contributed by atoms with Crippen LogP contribution < -0.4 is 10.1 Å². The summed E-state index contributed by atoms with van der Waals surface area (Å²) >= 11 is 0. The van der Waals surface area contributed by atoms with Crippen molar-refractivity contribution in [2.75, 3.05) is 19.0 Å². The first-order valence-corrected chi connectivity index (χ1v) is 6.83. The van der Waals surface area contributed by atoms with Gasteiger partial charge in [-0.3, -0.25) is 0 Å². The number of hydrogen-bond acceptors (Lipinski definition) is 5. The minimum Gasteiger partial charge on any atom is -0.497 e. The molecule has 0 spiro atoms. The molecule has 3 aromatic rings. The lowest BCUT2D eigenvalue weighted by Gasteiger charge is -2.07. The van der Waals surface area contributed by atoms with E-state index in [4.69, 9.17) is 9.15 Å². The first kappa shape index (κ1) is 13.4. The number of rotatable bonds is 5. The predicted octanol–water partition coefficient (Wildman–Crippen LogP) is 3.19. The van der Waals surface area contributed by atoms with Gasteiger partial charge in [0.15, 0.2) is 0 Å². The van der Waals surface area contributed by atoms with Crippen LogP contribution in [-0.4, -0.2) is 23.6 Å². The second kappa shape index (κ2) is 5.83. The number of ether oxygens (including phenoxy) is 1. The summed E-state index contributed by atoms with van der Waals surface area (Å²) in [4.78, 5) is 8.41. The summed E-state index contributed by atoms with van der Waals surface area (Å²) in [5, 5.41) is 4.30. The van der Waals surface area contributed by atoms with Gasteiger partial charge in [0.2, 0.25) is 5.71 Å². The van der Waals surface area contributed by atoms with Crippen molar-refractivity contribution in [3.05, 3.63) is 48.0 Å². The molecule has 0 saturated heterocycles. The minimum atomic E-state index is 0.620. The van der Waals surface area contributed by atoms with Gasteiger partial charge in [-0.2, -0.15) is 0 Å². The van der Waals surface area contributed by atoms with Gasteiger partial charge in [0.05, 0.1) is 18.8 Å². The Hall–Kier alpha value is -2.56. The van der Waals surface area contributed by atoms with Crippen LogP contribution >= 0.6 is 0 Å². The summed E-state index contributed by atoms with van der Waals surface area (Å²) in [6.45, 7) is 2.78. The second-order valence-electron chi connectivity index (χ2n) is 4.85. The zero-order valence-corrected chi connectivity index (χ0v) is 12.1. The Balaban J connectivity index is 1.67. The molecule has 5 heteroatoms. The second-order valence-corrected chi connectivity index (χ2v) is 4.85. The highest BCUT2D eigenvalue weighted by molar-refractivity contribution is 5.88. The fraction of sp³-hybridized carbons (Fsp3) is 0.250. The van der Waals surface area contributed by atoms with Crippen molar-refractivity contribution in [1.82, 2.24) is 9.97 Å². The van der Waals surface area contributed by atoms with Crippen LogP contribution in [0.25, 0.3) is 11.1 Å². The molecule has 0 unspecified atom stereocenters. The summed E-state index contributed by atoms with van der Waals surface area (Å²) in [5.74, 6) is 1.69. The molecule has 0 saturated carbocycles. The molecule has 1 aromatic carbocycles. The molecule has 0 bridgehead atoms. The van der Waals surface area contributed by atoms with Crippen molar-refractivity contribution in [1.29, 1.82) is 0 Å². The Morgan fingerprint density at radius 3 is 2.76 bits per heavy atom. The van der Waals surface area contributed by atoms with Crippen LogP contribution in [0.2, 0.25) is 0 Å². The monoisotopic (exact) mass is 283 g/mol. The Morgan fingerprint density at radius 1 is 1.19 bits per heavy atom. The van der Waals surface area contributed by atoms with Crippen LogP contribution in [-0.2, 0) is 6.42 Å². The number of anilines is 1. The third-order valence-electron chi connectivity index (χ3n) is 3.42. The van der Waals surface area contributed by atoms with E-state index in [2.05, 4.69) is 27.4 Å². The zero-order chi connectivity index (χ0) is 14.7. The maximum Gasteiger partial charge on any atom is 0.231 e. The molecule has 108 valence electrons. The smallest absolute Gasteiger partial charge is 0.231 e. The van der Waals surface area contributed by atoms with Crippen molar-refractivity contribution in [2.24, 2.45) is 0 Å². The standard InChI is InChI=1S/C16H17N3O2/c1-11-9-21-16-14(11)15(18-10-19-16)17-8-7-12-3-5-13(20-2)6-4-12/h3-6,9-10H,7-8H2,1-2H3,(H,17,18,19). The van der Waals surface area contributed by atoms with Gasteiger partial charge in [0, 0.05) is 12.1 Å². The SMILES string of the molecule is COc1ccc(CCNc2ncnc3occ(C)c23)cc1. The molecule has 1 N–H and O–H groups in total. The average Bonchev–Trinajstić information content (AvgIpc) is 2.90. The number of benzene rings is 1. The van der Waals surface area contributed by atoms with Gasteiger partial charge in [-0.15, -0.1) is 0 Å². The fourth-order valence-electron chi connectivity index (χ4n) is 2.27. The summed E-state index contributed by atoms with van der Waals surface area (Å²) in [7, 11) is 1.67. The number of aryl methyl sites for hydroxylation is 1. The summed E-state index contributed by atoms with van der Waals surface area (Å²) < 4.78 is 10.5. The van der Waals surface area contributed by atoms with E-state index in [9.17, 15) is 0 Å². The van der Waals surface area contributed by atoms with Crippen molar-refractivity contribution in [3.63, 3.8) is 0 Å². The number of fused-ring (bicyclic) bond motifs is 1. The molecular formula is C16H17N3O2. The number of furan rings is 1. The highest BCUT2D eigenvalue weighted by atomic mass is 16.5. The molecule has 5 nitrogen and oxygen atoms in total. The maximum atomic E-state index is 5.37. The largest absolute Gasteiger partial charge is 0.497 e. The first-order chi connectivity index (χ1) is 10.3. The van der Waals surface area contributed by atoms with Crippen LogP contribution in [0.5, 0.6) is 5.75 Å². The molecule has 0 aliphatic heterocycles. The normalized spacial score (nSPS) is 10.8. The number of methoxy groups -OCH3 is 1. The van der Waals surface area contributed by atoms with Gasteiger partial charge in [0.25, 0.3) is 0 Å². The van der Waals surface area contributed by atoms with E-state index in [0.717, 1.165) is 35.5 Å². The van der Waals surface area contributed by atoms with Crippen LogP contribution in [0.1, 0.15) is 11.1 Å². The highest BCUT2D eigenvalue weighted by Crippen LogP contribution is 2.24. The molecule has 0 aliphatic carbocycles. The maximum absolute atomic E-state index is 5.37. The quantitative estimate of drug-likeness (QED) is 0.779. The molecule has 0 amide bonds. The van der Waals surface area contributed by atoms with E-state index in [-0.39, 0.29) is 0 Å².